The van der Waals surface area contributed by atoms with Gasteiger partial charge in [0.1, 0.15) is 5.54 Å². The fourth-order valence-corrected chi connectivity index (χ4v) is 4.98. The van der Waals surface area contributed by atoms with Gasteiger partial charge >= 0.3 is 12.1 Å². The van der Waals surface area contributed by atoms with Crippen LogP contribution in [0.4, 0.5) is 13.2 Å². The molecule has 3 aliphatic rings. The van der Waals surface area contributed by atoms with Gasteiger partial charge in [0.25, 0.3) is 5.91 Å². The molecule has 170 valence electrons. The zero-order chi connectivity index (χ0) is 22.4. The number of aliphatic carboxylic acids is 1. The maximum Gasteiger partial charge on any atom is 0.395 e. The van der Waals surface area contributed by atoms with Crippen LogP contribution in [0.25, 0.3) is 0 Å². The number of piperidine rings is 1. The third-order valence-electron chi connectivity index (χ3n) is 7.37. The first-order chi connectivity index (χ1) is 14.6. The minimum Gasteiger partial charge on any atom is -0.480 e. The number of carboxylic acid groups (broad SMARTS) is 1. The first kappa shape index (κ1) is 22.1. The van der Waals surface area contributed by atoms with Crippen molar-refractivity contribution in [2.75, 3.05) is 13.1 Å². The third kappa shape index (κ3) is 4.19. The first-order valence-corrected chi connectivity index (χ1v) is 11.1. The van der Waals surface area contributed by atoms with Crippen molar-refractivity contribution in [2.45, 2.75) is 81.6 Å². The van der Waals surface area contributed by atoms with Gasteiger partial charge in [0.2, 0.25) is 0 Å². The van der Waals surface area contributed by atoms with Crippen LogP contribution in [0.1, 0.15) is 73.7 Å². The number of carbonyl (C=O) groups is 2. The topological polar surface area (TPSA) is 60.9 Å². The van der Waals surface area contributed by atoms with Gasteiger partial charge in [-0.1, -0.05) is 12.1 Å². The van der Waals surface area contributed by atoms with E-state index in [1.807, 2.05) is 4.90 Å². The number of carboxylic acids is 1. The largest absolute Gasteiger partial charge is 0.480 e. The number of halogens is 3. The summed E-state index contributed by atoms with van der Waals surface area (Å²) in [5.74, 6) is -2.46. The van der Waals surface area contributed by atoms with E-state index < -0.39 is 23.6 Å². The summed E-state index contributed by atoms with van der Waals surface area (Å²) in [5, 5.41) is 9.68. The Morgan fingerprint density at radius 3 is 2.03 bits per heavy atom. The Labute approximate surface area is 180 Å². The Balaban J connectivity index is 1.44. The standard InChI is InChI=1S/C23H29F3N2O3/c1-15(23(24,25)26)16-3-5-17(6-4-16)20(29)28(18-7-8-18)19-9-13-27(14-10-19)22(21(30)31)11-2-12-22/h3-6,15,18-19H,2,7-14H2,1H3,(H,30,31)/t15-/m1/s1. The van der Waals surface area contributed by atoms with Gasteiger partial charge in [0.05, 0.1) is 5.92 Å². The maximum absolute atomic E-state index is 13.3. The van der Waals surface area contributed by atoms with Crippen LogP contribution in [0.15, 0.2) is 24.3 Å². The second-order valence-electron chi connectivity index (χ2n) is 9.24. The van der Waals surface area contributed by atoms with Gasteiger partial charge in [0.15, 0.2) is 0 Å². The molecule has 2 aliphatic carbocycles. The van der Waals surface area contributed by atoms with E-state index in [-0.39, 0.29) is 23.6 Å². The average Bonchev–Trinajstić information content (AvgIpc) is 3.52. The molecule has 5 nitrogen and oxygen atoms in total. The highest BCUT2D eigenvalue weighted by Gasteiger charge is 2.51. The van der Waals surface area contributed by atoms with Gasteiger partial charge in [-0.15, -0.1) is 0 Å². The number of rotatable bonds is 6. The van der Waals surface area contributed by atoms with Crippen molar-refractivity contribution in [2.24, 2.45) is 0 Å². The molecule has 1 aromatic carbocycles. The molecular weight excluding hydrogens is 409 g/mol. The summed E-state index contributed by atoms with van der Waals surface area (Å²) in [5.41, 5.74) is -0.173. The minimum absolute atomic E-state index is 0.0379. The van der Waals surface area contributed by atoms with E-state index in [1.165, 1.54) is 24.3 Å². The number of likely N-dealkylation sites (tertiary alicyclic amines) is 1. The van der Waals surface area contributed by atoms with Crippen molar-refractivity contribution in [1.82, 2.24) is 9.80 Å². The van der Waals surface area contributed by atoms with E-state index in [0.29, 0.717) is 31.5 Å². The average molecular weight is 438 g/mol. The number of carbonyl (C=O) groups excluding carboxylic acids is 1. The Hall–Kier alpha value is -2.09. The molecule has 0 radical (unpaired) electrons. The molecule has 1 aliphatic heterocycles. The lowest BCUT2D eigenvalue weighted by atomic mass is 9.74. The van der Waals surface area contributed by atoms with E-state index in [4.69, 9.17) is 0 Å². The zero-order valence-electron chi connectivity index (χ0n) is 17.7. The Morgan fingerprint density at radius 2 is 1.61 bits per heavy atom. The van der Waals surface area contributed by atoms with E-state index in [1.54, 1.807) is 0 Å². The molecule has 1 heterocycles. The molecule has 8 heteroatoms. The third-order valence-corrected chi connectivity index (χ3v) is 7.37. The van der Waals surface area contributed by atoms with Crippen LogP contribution in [-0.2, 0) is 4.79 Å². The van der Waals surface area contributed by atoms with Crippen molar-refractivity contribution in [3.8, 4) is 0 Å². The van der Waals surface area contributed by atoms with Gasteiger partial charge in [-0.3, -0.25) is 14.5 Å². The Bertz CT molecular complexity index is 823. The number of hydrogen-bond donors (Lipinski definition) is 1. The summed E-state index contributed by atoms with van der Waals surface area (Å²) in [6, 6.07) is 6.00. The Kier molecular flexibility index (Phi) is 5.79. The summed E-state index contributed by atoms with van der Waals surface area (Å²) in [6.07, 6.45) is 1.31. The van der Waals surface area contributed by atoms with Crippen molar-refractivity contribution in [1.29, 1.82) is 0 Å². The molecule has 0 bridgehead atoms. The number of amides is 1. The first-order valence-electron chi connectivity index (χ1n) is 11.1. The molecule has 1 aromatic rings. The normalized spacial score (nSPS) is 23.1. The molecule has 1 N–H and O–H groups in total. The summed E-state index contributed by atoms with van der Waals surface area (Å²) >= 11 is 0. The molecular formula is C23H29F3N2O3. The summed E-state index contributed by atoms with van der Waals surface area (Å²) in [4.78, 5) is 29.0. The fraction of sp³-hybridized carbons (Fsp3) is 0.652. The lowest BCUT2D eigenvalue weighted by molar-refractivity contribution is -0.160. The smallest absolute Gasteiger partial charge is 0.395 e. The molecule has 4 rings (SSSR count). The molecule has 31 heavy (non-hydrogen) atoms. The molecule has 1 amide bonds. The van der Waals surface area contributed by atoms with Crippen LogP contribution in [0.3, 0.4) is 0 Å². The fourth-order valence-electron chi connectivity index (χ4n) is 4.98. The molecule has 0 spiro atoms. The highest BCUT2D eigenvalue weighted by molar-refractivity contribution is 5.95. The monoisotopic (exact) mass is 438 g/mol. The molecule has 1 saturated heterocycles. The highest BCUT2D eigenvalue weighted by Crippen LogP contribution is 2.41. The van der Waals surface area contributed by atoms with Crippen LogP contribution >= 0.6 is 0 Å². The number of benzene rings is 1. The zero-order valence-corrected chi connectivity index (χ0v) is 17.7. The Morgan fingerprint density at radius 1 is 1.06 bits per heavy atom. The lowest BCUT2D eigenvalue weighted by Gasteiger charge is -2.50. The highest BCUT2D eigenvalue weighted by atomic mass is 19.4. The number of nitrogens with zero attached hydrogens (tertiary/aromatic N) is 2. The minimum atomic E-state index is -4.31. The summed E-state index contributed by atoms with van der Waals surface area (Å²) in [6.45, 7) is 2.41. The van der Waals surface area contributed by atoms with E-state index in [2.05, 4.69) is 4.90 Å². The van der Waals surface area contributed by atoms with E-state index in [9.17, 15) is 27.9 Å². The predicted molar refractivity (Wildman–Crippen MR) is 109 cm³/mol. The number of alkyl halides is 3. The molecule has 2 saturated carbocycles. The van der Waals surface area contributed by atoms with Crippen LogP contribution in [0.5, 0.6) is 0 Å². The van der Waals surface area contributed by atoms with Crippen LogP contribution in [-0.4, -0.2) is 63.7 Å². The lowest BCUT2D eigenvalue weighted by Crippen LogP contribution is -2.62. The summed E-state index contributed by atoms with van der Waals surface area (Å²) < 4.78 is 38.9. The van der Waals surface area contributed by atoms with E-state index in [0.717, 1.165) is 39.0 Å². The second-order valence-corrected chi connectivity index (χ2v) is 9.24. The maximum atomic E-state index is 13.3. The van der Waals surface area contributed by atoms with Crippen molar-refractivity contribution < 1.29 is 27.9 Å². The quantitative estimate of drug-likeness (QED) is 0.714. The van der Waals surface area contributed by atoms with Gasteiger partial charge in [0, 0.05) is 30.7 Å². The predicted octanol–water partition coefficient (Wildman–Crippen LogP) is 4.43. The summed E-state index contributed by atoms with van der Waals surface area (Å²) in [7, 11) is 0. The molecule has 0 unspecified atom stereocenters. The van der Waals surface area contributed by atoms with Crippen LogP contribution in [0, 0.1) is 0 Å². The van der Waals surface area contributed by atoms with Gasteiger partial charge in [-0.05, 0) is 69.6 Å². The molecule has 1 atom stereocenters. The SMILES string of the molecule is C[C@H](c1ccc(C(=O)N(C2CC2)C2CCN(C3(C(=O)O)CCC3)CC2)cc1)C(F)(F)F. The second kappa shape index (κ2) is 8.11. The van der Waals surface area contributed by atoms with Crippen molar-refractivity contribution in [3.63, 3.8) is 0 Å². The van der Waals surface area contributed by atoms with E-state index >= 15 is 0 Å². The van der Waals surface area contributed by atoms with Gasteiger partial charge in [-0.25, -0.2) is 0 Å². The van der Waals surface area contributed by atoms with Crippen molar-refractivity contribution >= 4 is 11.9 Å². The van der Waals surface area contributed by atoms with Crippen LogP contribution < -0.4 is 0 Å². The molecule has 3 fully saturated rings. The van der Waals surface area contributed by atoms with Gasteiger partial charge in [-0.2, -0.15) is 13.2 Å². The van der Waals surface area contributed by atoms with Crippen molar-refractivity contribution in [3.05, 3.63) is 35.4 Å². The number of hydrogen-bond acceptors (Lipinski definition) is 3. The molecule has 0 aromatic heterocycles. The van der Waals surface area contributed by atoms with Gasteiger partial charge < -0.3 is 10.0 Å². The van der Waals surface area contributed by atoms with Crippen LogP contribution in [0.2, 0.25) is 0 Å².